The number of aryl methyl sites for hydroxylation is 2. The summed E-state index contributed by atoms with van der Waals surface area (Å²) in [6, 6.07) is 8.63. The number of halogens is 1. The third-order valence-electron chi connectivity index (χ3n) is 4.72. The number of fused-ring (bicyclic) bond motifs is 1. The first kappa shape index (κ1) is 16.3. The number of nitrogens with zero attached hydrogens (tertiary/aromatic N) is 1. The number of benzene rings is 1. The number of carbonyl (C=O) groups is 1. The van der Waals surface area contributed by atoms with E-state index in [1.165, 1.54) is 11.1 Å². The molecular formula is C17H25ClN2O. The molecular weight excluding hydrogens is 284 g/mol. The lowest BCUT2D eigenvalue weighted by atomic mass is 10.0. The summed E-state index contributed by atoms with van der Waals surface area (Å²) in [5.74, 6) is 1.76. The van der Waals surface area contributed by atoms with Crippen molar-refractivity contribution >= 4 is 18.3 Å². The summed E-state index contributed by atoms with van der Waals surface area (Å²) in [6.07, 6.45) is 2.67. The van der Waals surface area contributed by atoms with Crippen molar-refractivity contribution in [1.82, 2.24) is 10.2 Å². The molecule has 0 unspecified atom stereocenters. The second-order valence-corrected chi connectivity index (χ2v) is 6.32. The SMILES string of the molecule is Cc1ccc(CCCC(=O)N2C[C@H]3CNC[C@H]3C2)cc1.Cl. The molecule has 0 aliphatic carbocycles. The number of amides is 1. The van der Waals surface area contributed by atoms with Crippen LogP contribution >= 0.6 is 12.4 Å². The largest absolute Gasteiger partial charge is 0.342 e. The Balaban J connectivity index is 0.00000161. The lowest BCUT2D eigenvalue weighted by molar-refractivity contribution is -0.130. The number of carbonyl (C=O) groups excluding carboxylic acids is 1. The van der Waals surface area contributed by atoms with Crippen LogP contribution in [-0.4, -0.2) is 37.0 Å². The number of nitrogens with one attached hydrogen (secondary N) is 1. The Labute approximate surface area is 133 Å². The van der Waals surface area contributed by atoms with Gasteiger partial charge in [-0.05, 0) is 37.2 Å². The van der Waals surface area contributed by atoms with E-state index in [9.17, 15) is 4.79 Å². The van der Waals surface area contributed by atoms with Crippen LogP contribution in [0.25, 0.3) is 0 Å². The van der Waals surface area contributed by atoms with E-state index >= 15 is 0 Å². The van der Waals surface area contributed by atoms with Crippen LogP contribution in [0.4, 0.5) is 0 Å². The predicted molar refractivity (Wildman–Crippen MR) is 87.8 cm³/mol. The molecule has 1 aromatic carbocycles. The second-order valence-electron chi connectivity index (χ2n) is 6.32. The zero-order valence-electron chi connectivity index (χ0n) is 12.7. The van der Waals surface area contributed by atoms with Gasteiger partial charge in [-0.15, -0.1) is 12.4 Å². The van der Waals surface area contributed by atoms with Crippen molar-refractivity contribution in [2.24, 2.45) is 11.8 Å². The van der Waals surface area contributed by atoms with E-state index in [1.54, 1.807) is 0 Å². The van der Waals surface area contributed by atoms with Crippen molar-refractivity contribution in [2.75, 3.05) is 26.2 Å². The predicted octanol–water partition coefficient (Wildman–Crippen LogP) is 2.42. The summed E-state index contributed by atoms with van der Waals surface area (Å²) in [5, 5.41) is 3.41. The Morgan fingerprint density at radius 2 is 1.81 bits per heavy atom. The monoisotopic (exact) mass is 308 g/mol. The Kier molecular flexibility index (Phi) is 5.65. The Hall–Kier alpha value is -1.06. The van der Waals surface area contributed by atoms with Gasteiger partial charge in [-0.3, -0.25) is 4.79 Å². The smallest absolute Gasteiger partial charge is 0.222 e. The molecule has 2 aliphatic heterocycles. The molecule has 1 aromatic rings. The maximum Gasteiger partial charge on any atom is 0.222 e. The zero-order chi connectivity index (χ0) is 13.9. The van der Waals surface area contributed by atoms with Gasteiger partial charge in [0, 0.05) is 32.6 Å². The van der Waals surface area contributed by atoms with Crippen LogP contribution in [0.1, 0.15) is 24.0 Å². The van der Waals surface area contributed by atoms with Gasteiger partial charge in [0.25, 0.3) is 0 Å². The molecule has 1 amide bonds. The Morgan fingerprint density at radius 3 is 2.43 bits per heavy atom. The van der Waals surface area contributed by atoms with Gasteiger partial charge in [0.1, 0.15) is 0 Å². The summed E-state index contributed by atoms with van der Waals surface area (Å²) in [4.78, 5) is 14.3. The van der Waals surface area contributed by atoms with Crippen LogP contribution in [0.2, 0.25) is 0 Å². The lowest BCUT2D eigenvalue weighted by Crippen LogP contribution is -2.31. The van der Waals surface area contributed by atoms with E-state index in [2.05, 4.69) is 41.4 Å². The van der Waals surface area contributed by atoms with Crippen LogP contribution in [-0.2, 0) is 11.2 Å². The van der Waals surface area contributed by atoms with Gasteiger partial charge in [-0.25, -0.2) is 0 Å². The van der Waals surface area contributed by atoms with E-state index < -0.39 is 0 Å². The van der Waals surface area contributed by atoms with Crippen molar-refractivity contribution < 1.29 is 4.79 Å². The molecule has 0 aromatic heterocycles. The fraction of sp³-hybridized carbons (Fsp3) is 0.588. The third-order valence-corrected chi connectivity index (χ3v) is 4.72. The fourth-order valence-corrected chi connectivity index (χ4v) is 3.42. The average molecular weight is 309 g/mol. The van der Waals surface area contributed by atoms with Gasteiger partial charge < -0.3 is 10.2 Å². The van der Waals surface area contributed by atoms with Gasteiger partial charge in [0.15, 0.2) is 0 Å². The molecule has 2 atom stereocenters. The average Bonchev–Trinajstić information content (AvgIpc) is 3.02. The molecule has 0 spiro atoms. The topological polar surface area (TPSA) is 32.3 Å². The standard InChI is InChI=1S/C17H24N2O.ClH/c1-13-5-7-14(8-6-13)3-2-4-17(20)19-11-15-9-18-10-16(15)12-19;/h5-8,15-16,18H,2-4,9-12H2,1H3;1H/t15-,16+;. The number of rotatable bonds is 4. The number of likely N-dealkylation sites (tertiary alicyclic amines) is 1. The molecule has 0 saturated carbocycles. The molecule has 0 bridgehead atoms. The van der Waals surface area contributed by atoms with E-state index in [4.69, 9.17) is 0 Å². The minimum absolute atomic E-state index is 0. The van der Waals surface area contributed by atoms with Crippen LogP contribution in [0, 0.1) is 18.8 Å². The molecule has 3 nitrogen and oxygen atoms in total. The second kappa shape index (κ2) is 7.28. The first-order chi connectivity index (χ1) is 9.72. The van der Waals surface area contributed by atoms with Crippen molar-refractivity contribution in [1.29, 1.82) is 0 Å². The zero-order valence-corrected chi connectivity index (χ0v) is 13.5. The van der Waals surface area contributed by atoms with Gasteiger partial charge in [0.2, 0.25) is 5.91 Å². The maximum atomic E-state index is 12.2. The Bertz CT molecular complexity index is 462. The first-order valence-corrected chi connectivity index (χ1v) is 7.76. The quantitative estimate of drug-likeness (QED) is 0.926. The minimum Gasteiger partial charge on any atom is -0.342 e. The van der Waals surface area contributed by atoms with Crippen molar-refractivity contribution in [3.63, 3.8) is 0 Å². The van der Waals surface area contributed by atoms with Gasteiger partial charge in [0.05, 0.1) is 0 Å². The van der Waals surface area contributed by atoms with E-state index in [-0.39, 0.29) is 12.4 Å². The molecule has 2 fully saturated rings. The van der Waals surface area contributed by atoms with E-state index in [0.717, 1.165) is 39.0 Å². The molecule has 4 heteroatoms. The molecule has 21 heavy (non-hydrogen) atoms. The van der Waals surface area contributed by atoms with Crippen molar-refractivity contribution in [3.8, 4) is 0 Å². The fourth-order valence-electron chi connectivity index (χ4n) is 3.42. The molecule has 2 saturated heterocycles. The molecule has 116 valence electrons. The van der Waals surface area contributed by atoms with Crippen molar-refractivity contribution in [2.45, 2.75) is 26.2 Å². The van der Waals surface area contributed by atoms with E-state index in [1.807, 2.05) is 0 Å². The summed E-state index contributed by atoms with van der Waals surface area (Å²) >= 11 is 0. The summed E-state index contributed by atoms with van der Waals surface area (Å²) < 4.78 is 0. The molecule has 3 rings (SSSR count). The minimum atomic E-state index is 0. The molecule has 2 heterocycles. The van der Waals surface area contributed by atoms with Crippen molar-refractivity contribution in [3.05, 3.63) is 35.4 Å². The lowest BCUT2D eigenvalue weighted by Gasteiger charge is -2.17. The highest BCUT2D eigenvalue weighted by Gasteiger charge is 2.37. The van der Waals surface area contributed by atoms with Gasteiger partial charge >= 0.3 is 0 Å². The van der Waals surface area contributed by atoms with Gasteiger partial charge in [-0.2, -0.15) is 0 Å². The van der Waals surface area contributed by atoms with Gasteiger partial charge in [-0.1, -0.05) is 29.8 Å². The number of hydrogen-bond donors (Lipinski definition) is 1. The van der Waals surface area contributed by atoms with Crippen LogP contribution in [0.5, 0.6) is 0 Å². The highest BCUT2D eigenvalue weighted by atomic mass is 35.5. The van der Waals surface area contributed by atoms with Crippen LogP contribution in [0.15, 0.2) is 24.3 Å². The summed E-state index contributed by atoms with van der Waals surface area (Å²) in [7, 11) is 0. The molecule has 1 N–H and O–H groups in total. The maximum absolute atomic E-state index is 12.2. The van der Waals surface area contributed by atoms with Crippen LogP contribution in [0.3, 0.4) is 0 Å². The third kappa shape index (κ3) is 3.98. The highest BCUT2D eigenvalue weighted by Crippen LogP contribution is 2.26. The summed E-state index contributed by atoms with van der Waals surface area (Å²) in [6.45, 7) is 6.24. The molecule has 2 aliphatic rings. The summed E-state index contributed by atoms with van der Waals surface area (Å²) in [5.41, 5.74) is 2.63. The van der Waals surface area contributed by atoms with E-state index in [0.29, 0.717) is 24.2 Å². The Morgan fingerprint density at radius 1 is 1.19 bits per heavy atom. The molecule has 0 radical (unpaired) electrons. The first-order valence-electron chi connectivity index (χ1n) is 7.76. The number of hydrogen-bond acceptors (Lipinski definition) is 2. The normalized spacial score (nSPS) is 23.8. The highest BCUT2D eigenvalue weighted by molar-refractivity contribution is 5.85. The van der Waals surface area contributed by atoms with Crippen LogP contribution < -0.4 is 5.32 Å².